The molecule has 6 rings (SSSR count). The lowest BCUT2D eigenvalue weighted by atomic mass is 9.97. The van der Waals surface area contributed by atoms with Crippen molar-refractivity contribution in [3.63, 3.8) is 0 Å². The number of methoxy groups -OCH3 is 2. The largest absolute Gasteiger partial charge is 0.493 e. The number of aromatic nitrogens is 2. The summed E-state index contributed by atoms with van der Waals surface area (Å²) in [4.78, 5) is 17.3. The normalized spacial score (nSPS) is 13.0. The molecular weight excluding hydrogens is 514 g/mol. The van der Waals surface area contributed by atoms with E-state index in [9.17, 15) is 9.90 Å². The maximum absolute atomic E-state index is 14.0. The van der Waals surface area contributed by atoms with Crippen LogP contribution < -0.4 is 14.8 Å². The third-order valence-corrected chi connectivity index (χ3v) is 8.02. The minimum atomic E-state index is -0.442. The van der Waals surface area contributed by atoms with E-state index in [-0.39, 0.29) is 12.5 Å². The Morgan fingerprint density at radius 2 is 1.76 bits per heavy atom. The number of aliphatic hydroxyl groups excluding tert-OH is 1. The molecular formula is C34H35N3O4. The number of H-pyrrole nitrogens is 1. The number of hydrogen-bond acceptors (Lipinski definition) is 4. The minimum Gasteiger partial charge on any atom is -0.493 e. The van der Waals surface area contributed by atoms with Crippen molar-refractivity contribution in [2.75, 3.05) is 20.8 Å². The molecule has 41 heavy (non-hydrogen) atoms. The van der Waals surface area contributed by atoms with Gasteiger partial charge in [0.15, 0.2) is 11.5 Å². The Hall–Kier alpha value is -4.49. The zero-order valence-electron chi connectivity index (χ0n) is 23.9. The maximum atomic E-state index is 14.0. The quantitative estimate of drug-likeness (QED) is 0.227. The fraction of sp³-hybridized carbons (Fsp3) is 0.265. The highest BCUT2D eigenvalue weighted by atomic mass is 16.5. The Kier molecular flexibility index (Phi) is 7.05. The Morgan fingerprint density at radius 1 is 1.02 bits per heavy atom. The summed E-state index contributed by atoms with van der Waals surface area (Å²) in [6.07, 6.45) is 3.27. The molecule has 0 spiro atoms. The van der Waals surface area contributed by atoms with Crippen molar-refractivity contribution in [2.24, 2.45) is 0 Å². The summed E-state index contributed by atoms with van der Waals surface area (Å²) in [6.45, 7) is 4.71. The first-order chi connectivity index (χ1) is 19.9. The van der Waals surface area contributed by atoms with Gasteiger partial charge in [0.05, 0.1) is 38.1 Å². The lowest BCUT2D eigenvalue weighted by Gasteiger charge is -2.23. The van der Waals surface area contributed by atoms with Gasteiger partial charge in [-0.2, -0.15) is 0 Å². The Bertz CT molecular complexity index is 1740. The summed E-state index contributed by atoms with van der Waals surface area (Å²) in [5, 5.41) is 14.5. The van der Waals surface area contributed by atoms with Gasteiger partial charge in [-0.3, -0.25) is 4.79 Å². The molecule has 0 saturated carbocycles. The fourth-order valence-electron chi connectivity index (χ4n) is 6.19. The van der Waals surface area contributed by atoms with Crippen LogP contribution in [0, 0.1) is 13.8 Å². The first kappa shape index (κ1) is 26.7. The molecule has 1 aliphatic heterocycles. The van der Waals surface area contributed by atoms with Crippen LogP contribution in [0.3, 0.4) is 0 Å². The number of amides is 1. The van der Waals surface area contributed by atoms with Gasteiger partial charge in [-0.15, -0.1) is 0 Å². The van der Waals surface area contributed by atoms with Gasteiger partial charge < -0.3 is 29.4 Å². The van der Waals surface area contributed by atoms with Gasteiger partial charge in [0.1, 0.15) is 0 Å². The summed E-state index contributed by atoms with van der Waals surface area (Å²) in [6, 6.07) is 20.0. The number of aromatic amines is 1. The van der Waals surface area contributed by atoms with Gasteiger partial charge in [0.25, 0.3) is 5.91 Å². The number of benzene rings is 3. The van der Waals surface area contributed by atoms with Crippen LogP contribution in [0.2, 0.25) is 0 Å². The predicted octanol–water partition coefficient (Wildman–Crippen LogP) is 5.83. The highest BCUT2D eigenvalue weighted by molar-refractivity contribution is 6.02. The minimum absolute atomic E-state index is 0.169. The molecule has 0 radical (unpaired) electrons. The van der Waals surface area contributed by atoms with Crippen molar-refractivity contribution in [1.82, 2.24) is 14.9 Å². The molecule has 0 unspecified atom stereocenters. The van der Waals surface area contributed by atoms with E-state index in [0.717, 1.165) is 68.6 Å². The molecule has 3 aromatic carbocycles. The second-order valence-electron chi connectivity index (χ2n) is 10.9. The van der Waals surface area contributed by atoms with Crippen molar-refractivity contribution >= 4 is 16.8 Å². The molecule has 0 aliphatic carbocycles. The van der Waals surface area contributed by atoms with E-state index in [1.54, 1.807) is 14.2 Å². The van der Waals surface area contributed by atoms with Crippen LogP contribution in [0.5, 0.6) is 11.5 Å². The van der Waals surface area contributed by atoms with E-state index in [0.29, 0.717) is 23.5 Å². The monoisotopic (exact) mass is 549 g/mol. The molecule has 210 valence electrons. The van der Waals surface area contributed by atoms with Crippen LogP contribution >= 0.6 is 0 Å². The number of nitrogens with one attached hydrogen (secondary N) is 2. The van der Waals surface area contributed by atoms with Crippen LogP contribution in [0.4, 0.5) is 0 Å². The molecule has 3 heterocycles. The average molecular weight is 550 g/mol. The van der Waals surface area contributed by atoms with Crippen molar-refractivity contribution in [3.05, 3.63) is 94.7 Å². The lowest BCUT2D eigenvalue weighted by Crippen LogP contribution is -2.39. The van der Waals surface area contributed by atoms with Gasteiger partial charge in [0.2, 0.25) is 0 Å². The summed E-state index contributed by atoms with van der Waals surface area (Å²) in [5.74, 6) is 1.14. The zero-order chi connectivity index (χ0) is 28.7. The van der Waals surface area contributed by atoms with Crippen LogP contribution in [-0.2, 0) is 19.4 Å². The van der Waals surface area contributed by atoms with E-state index >= 15 is 0 Å². The summed E-state index contributed by atoms with van der Waals surface area (Å²) in [5.41, 5.74) is 9.97. The standard InChI is InChI=1S/C34H35N3O4/c1-20-11-21(2)13-23(12-20)33-28(16-30-27-17-32(41-4)31(40-3)15-22(27)9-10-37(30)33)34(39)36-25(19-38)14-24-18-35-29-8-6-5-7-26(24)29/h5-8,11-13,15-18,25,35,38H,9-10,14,19H2,1-4H3,(H,36,39)/t25-/m1/s1. The number of fused-ring (bicyclic) bond motifs is 4. The van der Waals surface area contributed by atoms with E-state index in [1.165, 1.54) is 0 Å². The Morgan fingerprint density at radius 3 is 2.49 bits per heavy atom. The molecule has 0 saturated heterocycles. The number of hydrogen-bond donors (Lipinski definition) is 3. The molecule has 0 bridgehead atoms. The van der Waals surface area contributed by atoms with E-state index in [1.807, 2.05) is 42.6 Å². The van der Waals surface area contributed by atoms with E-state index in [4.69, 9.17) is 9.47 Å². The predicted molar refractivity (Wildman–Crippen MR) is 162 cm³/mol. The molecule has 7 heteroatoms. The second-order valence-corrected chi connectivity index (χ2v) is 10.9. The molecule has 1 amide bonds. The van der Waals surface area contributed by atoms with Crippen LogP contribution in [-0.4, -0.2) is 47.4 Å². The molecule has 1 atom stereocenters. The maximum Gasteiger partial charge on any atom is 0.253 e. The van der Waals surface area contributed by atoms with E-state index in [2.05, 4.69) is 53.0 Å². The number of rotatable bonds is 8. The lowest BCUT2D eigenvalue weighted by molar-refractivity contribution is 0.0917. The van der Waals surface area contributed by atoms with Crippen molar-refractivity contribution in [1.29, 1.82) is 0 Å². The Labute approximate surface area is 239 Å². The smallest absolute Gasteiger partial charge is 0.253 e. The molecule has 2 aromatic heterocycles. The third kappa shape index (κ3) is 4.87. The van der Waals surface area contributed by atoms with Crippen molar-refractivity contribution in [3.8, 4) is 34.0 Å². The SMILES string of the molecule is COc1cc2c(cc1OC)-c1cc(C(=O)N[C@@H](CO)Cc3c[nH]c4ccccc34)c(-c3cc(C)cc(C)c3)n1CC2. The first-order valence-corrected chi connectivity index (χ1v) is 13.9. The number of para-hydroxylation sites is 1. The van der Waals surface area contributed by atoms with Crippen molar-refractivity contribution < 1.29 is 19.4 Å². The molecule has 5 aromatic rings. The first-order valence-electron chi connectivity index (χ1n) is 13.9. The highest BCUT2D eigenvalue weighted by Crippen LogP contribution is 2.42. The second kappa shape index (κ2) is 10.8. The molecule has 0 fully saturated rings. The van der Waals surface area contributed by atoms with Crippen molar-refractivity contribution in [2.45, 2.75) is 39.3 Å². The Balaban J connectivity index is 1.42. The fourth-order valence-corrected chi connectivity index (χ4v) is 6.19. The number of aryl methyl sites for hydroxylation is 3. The number of aliphatic hydroxyl groups is 1. The van der Waals surface area contributed by atoms with Gasteiger partial charge in [-0.05, 0) is 79.8 Å². The average Bonchev–Trinajstić information content (AvgIpc) is 3.57. The number of carbonyl (C=O) groups excluding carboxylic acids is 1. The molecule has 1 aliphatic rings. The van der Waals surface area contributed by atoms with Crippen LogP contribution in [0.1, 0.15) is 32.6 Å². The number of ether oxygens (including phenoxy) is 2. The molecule has 7 nitrogen and oxygen atoms in total. The number of nitrogens with zero attached hydrogens (tertiary/aromatic N) is 1. The van der Waals surface area contributed by atoms with Gasteiger partial charge in [-0.25, -0.2) is 0 Å². The van der Waals surface area contributed by atoms with Crippen LogP contribution in [0.15, 0.2) is 66.9 Å². The van der Waals surface area contributed by atoms with E-state index < -0.39 is 6.04 Å². The zero-order valence-corrected chi connectivity index (χ0v) is 23.9. The summed E-state index contributed by atoms with van der Waals surface area (Å²) < 4.78 is 13.4. The summed E-state index contributed by atoms with van der Waals surface area (Å²) >= 11 is 0. The van der Waals surface area contributed by atoms with Crippen LogP contribution in [0.25, 0.3) is 33.4 Å². The van der Waals surface area contributed by atoms with Gasteiger partial charge in [-0.1, -0.05) is 35.4 Å². The highest BCUT2D eigenvalue weighted by Gasteiger charge is 2.28. The topological polar surface area (TPSA) is 88.5 Å². The molecule has 3 N–H and O–H groups in total. The number of carbonyl (C=O) groups is 1. The third-order valence-electron chi connectivity index (χ3n) is 8.02. The van der Waals surface area contributed by atoms with Gasteiger partial charge in [0, 0.05) is 34.9 Å². The van der Waals surface area contributed by atoms with Gasteiger partial charge >= 0.3 is 0 Å². The summed E-state index contributed by atoms with van der Waals surface area (Å²) in [7, 11) is 3.28.